The highest BCUT2D eigenvalue weighted by atomic mass is 16.5. The fraction of sp³-hybridized carbons (Fsp3) is 0.923. The van der Waals surface area contributed by atoms with Crippen molar-refractivity contribution >= 4 is 5.97 Å². The largest absolute Gasteiger partial charge is 0.466 e. The first-order valence-electron chi connectivity index (χ1n) is 6.78. The number of ether oxygens (including phenoxy) is 2. The van der Waals surface area contributed by atoms with E-state index in [-0.39, 0.29) is 5.97 Å². The lowest BCUT2D eigenvalue weighted by Gasteiger charge is -2.35. The lowest BCUT2D eigenvalue weighted by atomic mass is 9.98. The van der Waals surface area contributed by atoms with E-state index in [4.69, 9.17) is 9.47 Å². The van der Waals surface area contributed by atoms with Gasteiger partial charge in [0, 0.05) is 25.6 Å². The second-order valence-electron chi connectivity index (χ2n) is 4.92. The molecule has 0 amide bonds. The third-order valence-corrected chi connectivity index (χ3v) is 3.87. The molecule has 2 rings (SSSR count). The Labute approximate surface area is 103 Å². The van der Waals surface area contributed by atoms with Crippen molar-refractivity contribution in [2.45, 2.75) is 38.6 Å². The van der Waals surface area contributed by atoms with Gasteiger partial charge in [-0.05, 0) is 25.7 Å². The summed E-state index contributed by atoms with van der Waals surface area (Å²) in [4.78, 5) is 14.1. The molecule has 4 heteroatoms. The van der Waals surface area contributed by atoms with Gasteiger partial charge in [-0.25, -0.2) is 0 Å². The quantitative estimate of drug-likeness (QED) is 0.698. The molecule has 0 bridgehead atoms. The molecular formula is C13H23NO3. The van der Waals surface area contributed by atoms with Gasteiger partial charge in [0.05, 0.1) is 19.8 Å². The van der Waals surface area contributed by atoms with Crippen LogP contribution in [0.5, 0.6) is 0 Å². The molecule has 2 atom stereocenters. The van der Waals surface area contributed by atoms with Crippen LogP contribution in [0.2, 0.25) is 0 Å². The Kier molecular flexibility index (Phi) is 4.80. The van der Waals surface area contributed by atoms with Crippen molar-refractivity contribution in [2.24, 2.45) is 5.92 Å². The SMILES string of the molecule is CCOC(=O)C[C@@H]1CCC[C@H]1N1CCOCC1. The maximum atomic E-state index is 11.6. The van der Waals surface area contributed by atoms with Gasteiger partial charge in [0.15, 0.2) is 0 Å². The minimum absolute atomic E-state index is 0.0299. The highest BCUT2D eigenvalue weighted by Crippen LogP contribution is 2.33. The zero-order valence-corrected chi connectivity index (χ0v) is 10.7. The topological polar surface area (TPSA) is 38.8 Å². The molecule has 0 unspecified atom stereocenters. The molecule has 2 fully saturated rings. The van der Waals surface area contributed by atoms with E-state index in [0.717, 1.165) is 26.3 Å². The Morgan fingerprint density at radius 2 is 2.12 bits per heavy atom. The molecule has 1 aliphatic heterocycles. The predicted molar refractivity (Wildman–Crippen MR) is 64.8 cm³/mol. The van der Waals surface area contributed by atoms with Gasteiger partial charge in [-0.15, -0.1) is 0 Å². The number of esters is 1. The summed E-state index contributed by atoms with van der Waals surface area (Å²) in [6.07, 6.45) is 4.23. The van der Waals surface area contributed by atoms with Crippen LogP contribution in [0.1, 0.15) is 32.6 Å². The molecule has 2 aliphatic rings. The number of hydrogen-bond acceptors (Lipinski definition) is 4. The van der Waals surface area contributed by atoms with Gasteiger partial charge >= 0.3 is 5.97 Å². The van der Waals surface area contributed by atoms with Gasteiger partial charge in [0.2, 0.25) is 0 Å². The van der Waals surface area contributed by atoms with Crippen LogP contribution in [0.3, 0.4) is 0 Å². The summed E-state index contributed by atoms with van der Waals surface area (Å²) in [6.45, 7) is 6.07. The van der Waals surface area contributed by atoms with Crippen molar-refractivity contribution in [3.05, 3.63) is 0 Å². The monoisotopic (exact) mass is 241 g/mol. The van der Waals surface area contributed by atoms with Crippen LogP contribution in [0.4, 0.5) is 0 Å². The van der Waals surface area contributed by atoms with E-state index in [9.17, 15) is 4.79 Å². The first-order valence-corrected chi connectivity index (χ1v) is 6.78. The van der Waals surface area contributed by atoms with Crippen LogP contribution >= 0.6 is 0 Å². The number of rotatable bonds is 4. The van der Waals surface area contributed by atoms with Crippen LogP contribution in [-0.2, 0) is 14.3 Å². The maximum absolute atomic E-state index is 11.6. The molecule has 0 N–H and O–H groups in total. The van der Waals surface area contributed by atoms with E-state index < -0.39 is 0 Å². The maximum Gasteiger partial charge on any atom is 0.306 e. The number of carbonyl (C=O) groups is 1. The van der Waals surface area contributed by atoms with Gasteiger partial charge in [-0.1, -0.05) is 6.42 Å². The standard InChI is InChI=1S/C13H23NO3/c1-2-17-13(15)10-11-4-3-5-12(11)14-6-8-16-9-7-14/h11-12H,2-10H2,1H3/t11-,12+/m0/s1. The second-order valence-corrected chi connectivity index (χ2v) is 4.92. The van der Waals surface area contributed by atoms with Gasteiger partial charge in [-0.2, -0.15) is 0 Å². The second kappa shape index (κ2) is 6.36. The van der Waals surface area contributed by atoms with Crippen molar-refractivity contribution < 1.29 is 14.3 Å². The first kappa shape index (κ1) is 12.8. The normalized spacial score (nSPS) is 30.4. The summed E-state index contributed by atoms with van der Waals surface area (Å²) < 4.78 is 10.4. The van der Waals surface area contributed by atoms with Crippen LogP contribution in [0, 0.1) is 5.92 Å². The summed E-state index contributed by atoms with van der Waals surface area (Å²) in [5, 5.41) is 0. The molecule has 98 valence electrons. The highest BCUT2D eigenvalue weighted by Gasteiger charge is 2.34. The number of hydrogen-bond donors (Lipinski definition) is 0. The molecule has 0 radical (unpaired) electrons. The van der Waals surface area contributed by atoms with Crippen molar-refractivity contribution in [1.29, 1.82) is 0 Å². The molecule has 4 nitrogen and oxygen atoms in total. The Balaban J connectivity index is 1.85. The summed E-state index contributed by atoms with van der Waals surface area (Å²) >= 11 is 0. The molecule has 17 heavy (non-hydrogen) atoms. The molecule has 0 aromatic heterocycles. The van der Waals surface area contributed by atoms with E-state index in [0.29, 0.717) is 25.0 Å². The van der Waals surface area contributed by atoms with Gasteiger partial charge in [-0.3, -0.25) is 9.69 Å². The van der Waals surface area contributed by atoms with Crippen LogP contribution < -0.4 is 0 Å². The summed E-state index contributed by atoms with van der Waals surface area (Å²) in [7, 11) is 0. The van der Waals surface area contributed by atoms with Crippen LogP contribution in [-0.4, -0.2) is 49.8 Å². The zero-order valence-electron chi connectivity index (χ0n) is 10.7. The average molecular weight is 241 g/mol. The first-order chi connectivity index (χ1) is 8.31. The third kappa shape index (κ3) is 3.42. The van der Waals surface area contributed by atoms with E-state index in [2.05, 4.69) is 4.90 Å². The number of nitrogens with zero attached hydrogens (tertiary/aromatic N) is 1. The van der Waals surface area contributed by atoms with Gasteiger partial charge in [0.1, 0.15) is 0 Å². The van der Waals surface area contributed by atoms with E-state index in [1.54, 1.807) is 0 Å². The third-order valence-electron chi connectivity index (χ3n) is 3.87. The van der Waals surface area contributed by atoms with Crippen molar-refractivity contribution in [1.82, 2.24) is 4.90 Å². The molecule has 1 heterocycles. The lowest BCUT2D eigenvalue weighted by Crippen LogP contribution is -2.45. The Bertz CT molecular complexity index is 251. The van der Waals surface area contributed by atoms with Crippen LogP contribution in [0.25, 0.3) is 0 Å². The molecule has 0 aromatic carbocycles. The lowest BCUT2D eigenvalue weighted by molar-refractivity contribution is -0.144. The summed E-state index contributed by atoms with van der Waals surface area (Å²) in [6, 6.07) is 0.573. The van der Waals surface area contributed by atoms with Crippen molar-refractivity contribution in [2.75, 3.05) is 32.9 Å². The zero-order chi connectivity index (χ0) is 12.1. The molecule has 1 saturated heterocycles. The summed E-state index contributed by atoms with van der Waals surface area (Å²) in [5.41, 5.74) is 0. The molecule has 1 aliphatic carbocycles. The van der Waals surface area contributed by atoms with Gasteiger partial charge in [0.25, 0.3) is 0 Å². The van der Waals surface area contributed by atoms with E-state index in [1.807, 2.05) is 6.92 Å². The molecular weight excluding hydrogens is 218 g/mol. The fourth-order valence-corrected chi connectivity index (χ4v) is 3.08. The average Bonchev–Trinajstić information content (AvgIpc) is 2.78. The highest BCUT2D eigenvalue weighted by molar-refractivity contribution is 5.69. The van der Waals surface area contributed by atoms with Gasteiger partial charge < -0.3 is 9.47 Å². The smallest absolute Gasteiger partial charge is 0.306 e. The molecule has 0 spiro atoms. The molecule has 0 aromatic rings. The fourth-order valence-electron chi connectivity index (χ4n) is 3.08. The van der Waals surface area contributed by atoms with Crippen LogP contribution in [0.15, 0.2) is 0 Å². The summed E-state index contributed by atoms with van der Waals surface area (Å²) in [5.74, 6) is 0.463. The minimum Gasteiger partial charge on any atom is -0.466 e. The Morgan fingerprint density at radius 3 is 2.82 bits per heavy atom. The number of morpholine rings is 1. The minimum atomic E-state index is -0.0299. The van der Waals surface area contributed by atoms with E-state index >= 15 is 0 Å². The predicted octanol–water partition coefficient (Wildman–Crippen LogP) is 1.44. The molecule has 1 saturated carbocycles. The Hall–Kier alpha value is -0.610. The Morgan fingerprint density at radius 1 is 1.35 bits per heavy atom. The van der Waals surface area contributed by atoms with Crippen molar-refractivity contribution in [3.63, 3.8) is 0 Å². The van der Waals surface area contributed by atoms with E-state index in [1.165, 1.54) is 19.3 Å². The van der Waals surface area contributed by atoms with Crippen molar-refractivity contribution in [3.8, 4) is 0 Å². The number of carbonyl (C=O) groups excluding carboxylic acids is 1.